The molecule has 0 bridgehead atoms. The molecule has 1 N–H and O–H groups in total. The predicted molar refractivity (Wildman–Crippen MR) is 73.8 cm³/mol. The summed E-state index contributed by atoms with van der Waals surface area (Å²) in [5.41, 5.74) is -1.25. The number of hydrogen-bond acceptors (Lipinski definition) is 4. The molecule has 0 aliphatic rings. The summed E-state index contributed by atoms with van der Waals surface area (Å²) in [7, 11) is 0. The van der Waals surface area contributed by atoms with E-state index in [1.165, 1.54) is 12.1 Å². The van der Waals surface area contributed by atoms with Crippen molar-refractivity contribution in [1.29, 1.82) is 0 Å². The summed E-state index contributed by atoms with van der Waals surface area (Å²) in [5, 5.41) is 19.7. The second-order valence-corrected chi connectivity index (χ2v) is 5.34. The highest BCUT2D eigenvalue weighted by atomic mass is 19.1. The zero-order valence-electron chi connectivity index (χ0n) is 12.0. The molecule has 0 unspecified atom stereocenters. The number of carbonyl (C=O) groups is 1. The van der Waals surface area contributed by atoms with Crippen LogP contribution in [0.25, 0.3) is 0 Å². The summed E-state index contributed by atoms with van der Waals surface area (Å²) in [5.74, 6) is -2.04. The van der Waals surface area contributed by atoms with Crippen LogP contribution in [-0.2, 0) is 4.79 Å². The number of unbranched alkanes of at least 4 members (excludes halogenated alkanes) is 1. The molecule has 6 nitrogen and oxygen atoms in total. The van der Waals surface area contributed by atoms with Crippen LogP contribution in [0.1, 0.15) is 33.1 Å². The summed E-state index contributed by atoms with van der Waals surface area (Å²) in [4.78, 5) is 21.0. The lowest BCUT2D eigenvalue weighted by atomic mass is 9.87. The first-order valence-electron chi connectivity index (χ1n) is 6.55. The number of hydrogen-bond donors (Lipinski definition) is 1. The van der Waals surface area contributed by atoms with Gasteiger partial charge in [-0.1, -0.05) is 6.07 Å². The molecule has 0 aliphatic heterocycles. The van der Waals surface area contributed by atoms with Crippen molar-refractivity contribution in [2.75, 3.05) is 6.61 Å². The van der Waals surface area contributed by atoms with E-state index in [2.05, 4.69) is 0 Å². The van der Waals surface area contributed by atoms with Gasteiger partial charge < -0.3 is 9.84 Å². The molecule has 1 rings (SSSR count). The largest absolute Gasteiger partial charge is 0.485 e. The fourth-order valence-corrected chi connectivity index (χ4v) is 1.73. The maximum absolute atomic E-state index is 13.5. The fourth-order valence-electron chi connectivity index (χ4n) is 1.73. The van der Waals surface area contributed by atoms with Crippen molar-refractivity contribution in [2.24, 2.45) is 5.41 Å². The van der Waals surface area contributed by atoms with Crippen molar-refractivity contribution < 1.29 is 24.0 Å². The number of halogens is 1. The highest BCUT2D eigenvalue weighted by Crippen LogP contribution is 2.30. The highest BCUT2D eigenvalue weighted by Gasteiger charge is 2.26. The topological polar surface area (TPSA) is 89.7 Å². The van der Waals surface area contributed by atoms with Crippen molar-refractivity contribution in [3.8, 4) is 5.75 Å². The van der Waals surface area contributed by atoms with E-state index < -0.39 is 27.8 Å². The number of nitrogens with zero attached hydrogens (tertiary/aromatic N) is 1. The van der Waals surface area contributed by atoms with E-state index in [1.54, 1.807) is 13.8 Å². The van der Waals surface area contributed by atoms with Gasteiger partial charge in [0.2, 0.25) is 5.75 Å². The molecule has 0 saturated carbocycles. The molecule has 0 spiro atoms. The van der Waals surface area contributed by atoms with Crippen LogP contribution in [0.2, 0.25) is 0 Å². The molecule has 0 atom stereocenters. The van der Waals surface area contributed by atoms with Crippen molar-refractivity contribution in [3.05, 3.63) is 34.1 Å². The second-order valence-electron chi connectivity index (χ2n) is 5.34. The molecule has 7 heteroatoms. The Balaban J connectivity index is 2.51. The van der Waals surface area contributed by atoms with Gasteiger partial charge in [-0.25, -0.2) is 4.39 Å². The Bertz CT molecular complexity index is 530. The van der Waals surface area contributed by atoms with Crippen LogP contribution in [-0.4, -0.2) is 22.6 Å². The molecule has 0 amide bonds. The van der Waals surface area contributed by atoms with Crippen LogP contribution < -0.4 is 4.74 Å². The molecule has 0 saturated heterocycles. The summed E-state index contributed by atoms with van der Waals surface area (Å²) >= 11 is 0. The van der Waals surface area contributed by atoms with Crippen molar-refractivity contribution in [3.63, 3.8) is 0 Å². The zero-order chi connectivity index (χ0) is 16.0. The minimum absolute atomic E-state index is 0.0947. The van der Waals surface area contributed by atoms with E-state index in [1.807, 2.05) is 0 Å². The molecule has 0 radical (unpaired) electrons. The molecular weight excluding hydrogens is 281 g/mol. The summed E-state index contributed by atoms with van der Waals surface area (Å²) in [6, 6.07) is 3.51. The zero-order valence-corrected chi connectivity index (χ0v) is 12.0. The average Bonchev–Trinajstić information content (AvgIpc) is 2.39. The number of para-hydroxylation sites is 1. The Morgan fingerprint density at radius 3 is 2.67 bits per heavy atom. The minimum atomic E-state index is -0.881. The lowest BCUT2D eigenvalue weighted by molar-refractivity contribution is -0.386. The number of nitro groups is 1. The number of carboxylic acid groups (broad SMARTS) is 1. The van der Waals surface area contributed by atoms with Crippen LogP contribution >= 0.6 is 0 Å². The quantitative estimate of drug-likeness (QED) is 0.451. The van der Waals surface area contributed by atoms with E-state index in [0.29, 0.717) is 19.3 Å². The van der Waals surface area contributed by atoms with Crippen LogP contribution in [0.4, 0.5) is 10.1 Å². The van der Waals surface area contributed by atoms with E-state index in [0.717, 1.165) is 6.07 Å². The normalized spacial score (nSPS) is 11.2. The number of aliphatic carboxylic acids is 1. The fraction of sp³-hybridized carbons (Fsp3) is 0.500. The van der Waals surface area contributed by atoms with Gasteiger partial charge >= 0.3 is 11.7 Å². The number of nitro benzene ring substituents is 1. The maximum Gasteiger partial charge on any atom is 0.314 e. The van der Waals surface area contributed by atoms with Gasteiger partial charge in [-0.15, -0.1) is 0 Å². The van der Waals surface area contributed by atoms with Crippen LogP contribution in [0.5, 0.6) is 5.75 Å². The third kappa shape index (κ3) is 4.70. The molecule has 1 aromatic rings. The minimum Gasteiger partial charge on any atom is -0.485 e. The summed E-state index contributed by atoms with van der Waals surface area (Å²) in [6.07, 6.45) is 1.51. The number of rotatable bonds is 8. The van der Waals surface area contributed by atoms with Gasteiger partial charge in [0.05, 0.1) is 16.9 Å². The van der Waals surface area contributed by atoms with E-state index >= 15 is 0 Å². The Hall–Kier alpha value is -2.18. The predicted octanol–water partition coefficient (Wildman–Crippen LogP) is 3.39. The molecular formula is C14H18FNO5. The average molecular weight is 299 g/mol. The third-order valence-electron chi connectivity index (χ3n) is 3.16. The van der Waals surface area contributed by atoms with E-state index in [9.17, 15) is 19.3 Å². The van der Waals surface area contributed by atoms with Gasteiger partial charge in [-0.05, 0) is 39.2 Å². The highest BCUT2D eigenvalue weighted by molar-refractivity contribution is 5.73. The van der Waals surface area contributed by atoms with Gasteiger partial charge in [-0.3, -0.25) is 14.9 Å². The number of benzene rings is 1. The summed E-state index contributed by atoms with van der Waals surface area (Å²) in [6.45, 7) is 3.34. The Morgan fingerprint density at radius 2 is 2.10 bits per heavy atom. The van der Waals surface area contributed by atoms with Crippen LogP contribution in [0.3, 0.4) is 0 Å². The van der Waals surface area contributed by atoms with Gasteiger partial charge in [0.25, 0.3) is 0 Å². The molecule has 0 aliphatic carbocycles. The first-order valence-corrected chi connectivity index (χ1v) is 6.55. The lowest BCUT2D eigenvalue weighted by Crippen LogP contribution is -2.23. The van der Waals surface area contributed by atoms with E-state index in [4.69, 9.17) is 9.84 Å². The molecule has 1 aromatic carbocycles. The van der Waals surface area contributed by atoms with Gasteiger partial charge in [0, 0.05) is 6.07 Å². The van der Waals surface area contributed by atoms with Crippen molar-refractivity contribution in [1.82, 2.24) is 0 Å². The standard InChI is InChI=1S/C14H18FNO5/c1-14(2,13(17)18)8-3-4-9-21-12-10(15)6-5-7-11(12)16(19)20/h5-7H,3-4,8-9H2,1-2H3,(H,17,18). The number of ether oxygens (including phenoxy) is 1. The second kappa shape index (κ2) is 7.01. The first-order chi connectivity index (χ1) is 9.75. The maximum atomic E-state index is 13.5. The monoisotopic (exact) mass is 299 g/mol. The Morgan fingerprint density at radius 1 is 1.43 bits per heavy atom. The summed E-state index contributed by atoms with van der Waals surface area (Å²) < 4.78 is 18.6. The number of carboxylic acids is 1. The molecule has 116 valence electrons. The Kier molecular flexibility index (Phi) is 5.63. The van der Waals surface area contributed by atoms with Gasteiger partial charge in [-0.2, -0.15) is 0 Å². The van der Waals surface area contributed by atoms with Crippen LogP contribution in [0, 0.1) is 21.3 Å². The first kappa shape index (κ1) is 16.9. The van der Waals surface area contributed by atoms with Crippen molar-refractivity contribution >= 4 is 11.7 Å². The third-order valence-corrected chi connectivity index (χ3v) is 3.16. The van der Waals surface area contributed by atoms with Gasteiger partial charge in [0.1, 0.15) is 0 Å². The van der Waals surface area contributed by atoms with Gasteiger partial charge in [0.15, 0.2) is 5.82 Å². The van der Waals surface area contributed by atoms with Crippen molar-refractivity contribution in [2.45, 2.75) is 33.1 Å². The molecule has 0 fully saturated rings. The van der Waals surface area contributed by atoms with E-state index in [-0.39, 0.29) is 12.4 Å². The molecule has 0 aromatic heterocycles. The molecule has 0 heterocycles. The lowest BCUT2D eigenvalue weighted by Gasteiger charge is -2.18. The molecule has 21 heavy (non-hydrogen) atoms. The Labute approximate surface area is 121 Å². The smallest absolute Gasteiger partial charge is 0.314 e. The van der Waals surface area contributed by atoms with Crippen LogP contribution in [0.15, 0.2) is 18.2 Å². The SMILES string of the molecule is CC(C)(CCCCOc1c(F)cccc1[N+](=O)[O-])C(=O)O.